The molecule has 8 heteroatoms. The molecule has 35 heavy (non-hydrogen) atoms. The van der Waals surface area contributed by atoms with E-state index in [1.54, 1.807) is 23.0 Å². The largest absolute Gasteiger partial charge is 0.354 e. The molecule has 3 aromatic heterocycles. The molecule has 0 amide bonds. The van der Waals surface area contributed by atoms with Crippen molar-refractivity contribution in [1.82, 2.24) is 25.0 Å². The molecule has 5 rings (SSSR count). The van der Waals surface area contributed by atoms with Gasteiger partial charge in [-0.3, -0.25) is 14.3 Å². The Balaban J connectivity index is 1.49. The molecule has 176 valence electrons. The van der Waals surface area contributed by atoms with E-state index < -0.39 is 5.54 Å². The van der Waals surface area contributed by atoms with Gasteiger partial charge in [-0.05, 0) is 51.3 Å². The highest BCUT2D eigenvalue weighted by molar-refractivity contribution is 5.68. The average Bonchev–Trinajstić information content (AvgIpc) is 3.56. The lowest BCUT2D eigenvalue weighted by Crippen LogP contribution is -2.37. The van der Waals surface area contributed by atoms with Gasteiger partial charge in [-0.1, -0.05) is 29.4 Å². The molecule has 1 fully saturated rings. The van der Waals surface area contributed by atoms with Gasteiger partial charge >= 0.3 is 0 Å². The van der Waals surface area contributed by atoms with Gasteiger partial charge in [-0.15, -0.1) is 0 Å². The Hall–Kier alpha value is -4.09. The second-order valence-electron chi connectivity index (χ2n) is 8.97. The van der Waals surface area contributed by atoms with Crippen molar-refractivity contribution < 1.29 is 4.52 Å². The molecule has 1 aliphatic carbocycles. The zero-order valence-corrected chi connectivity index (χ0v) is 19.8. The van der Waals surface area contributed by atoms with Crippen LogP contribution in [-0.2, 0) is 12.1 Å². The number of nitriles is 1. The van der Waals surface area contributed by atoms with Crippen LogP contribution in [0.25, 0.3) is 34.0 Å². The molecule has 0 atom stereocenters. The molecule has 0 saturated heterocycles. The van der Waals surface area contributed by atoms with Crippen LogP contribution in [0.5, 0.6) is 0 Å². The van der Waals surface area contributed by atoms with E-state index in [9.17, 15) is 10.1 Å². The molecule has 0 bridgehead atoms. The van der Waals surface area contributed by atoms with Crippen LogP contribution in [0.1, 0.15) is 36.9 Å². The second kappa shape index (κ2) is 9.28. The van der Waals surface area contributed by atoms with Crippen LogP contribution >= 0.6 is 0 Å². The molecule has 1 aliphatic rings. The Morgan fingerprint density at radius 1 is 1.11 bits per heavy atom. The number of benzene rings is 1. The van der Waals surface area contributed by atoms with Crippen molar-refractivity contribution in [3.05, 3.63) is 76.5 Å². The Kier molecular flexibility index (Phi) is 6.01. The summed E-state index contributed by atoms with van der Waals surface area (Å²) in [5.41, 5.74) is 4.49. The SMILES string of the molecule is CNCc1ccc(-c2cc(-c3nc(-c4ccc(=O)n(C5(C#N)CCCC5)c4)cnc3C)on2)cc1. The maximum atomic E-state index is 12.6. The van der Waals surface area contributed by atoms with Gasteiger partial charge in [-0.25, -0.2) is 4.98 Å². The van der Waals surface area contributed by atoms with Crippen LogP contribution in [0, 0.1) is 18.3 Å². The molecule has 8 nitrogen and oxygen atoms in total. The molecule has 0 spiro atoms. The Morgan fingerprint density at radius 3 is 2.57 bits per heavy atom. The van der Waals surface area contributed by atoms with Gasteiger partial charge in [0.25, 0.3) is 5.56 Å². The fourth-order valence-electron chi connectivity index (χ4n) is 4.68. The normalized spacial score (nSPS) is 14.7. The molecular formula is C27H26N6O2. The third kappa shape index (κ3) is 4.27. The first kappa shape index (κ1) is 22.7. The van der Waals surface area contributed by atoms with Crippen molar-refractivity contribution in [1.29, 1.82) is 5.26 Å². The Labute approximate surface area is 203 Å². The maximum absolute atomic E-state index is 12.6. The van der Waals surface area contributed by atoms with Gasteiger partial charge in [0, 0.05) is 36.0 Å². The lowest BCUT2D eigenvalue weighted by atomic mass is 9.98. The first-order valence-electron chi connectivity index (χ1n) is 11.7. The van der Waals surface area contributed by atoms with Crippen LogP contribution in [0.4, 0.5) is 0 Å². The molecule has 4 aromatic rings. The number of nitrogens with one attached hydrogen (secondary N) is 1. The van der Waals surface area contributed by atoms with Gasteiger partial charge in [0.15, 0.2) is 5.76 Å². The molecular weight excluding hydrogens is 440 g/mol. The first-order valence-corrected chi connectivity index (χ1v) is 11.7. The summed E-state index contributed by atoms with van der Waals surface area (Å²) < 4.78 is 7.22. The molecule has 3 heterocycles. The van der Waals surface area contributed by atoms with Crippen molar-refractivity contribution in [2.75, 3.05) is 7.05 Å². The number of aryl methyl sites for hydroxylation is 1. The van der Waals surface area contributed by atoms with E-state index in [1.807, 2.05) is 32.2 Å². The summed E-state index contributed by atoms with van der Waals surface area (Å²) in [5.74, 6) is 0.517. The van der Waals surface area contributed by atoms with Crippen molar-refractivity contribution in [3.8, 4) is 40.0 Å². The number of hydrogen-bond acceptors (Lipinski definition) is 7. The molecule has 0 unspecified atom stereocenters. The van der Waals surface area contributed by atoms with Crippen LogP contribution < -0.4 is 10.9 Å². The summed E-state index contributed by atoms with van der Waals surface area (Å²) in [6, 6.07) is 15.6. The molecule has 1 aromatic carbocycles. The van der Waals surface area contributed by atoms with Gasteiger partial charge in [0.05, 0.1) is 23.7 Å². The number of hydrogen-bond donors (Lipinski definition) is 1. The van der Waals surface area contributed by atoms with Gasteiger partial charge in [0.1, 0.15) is 16.9 Å². The van der Waals surface area contributed by atoms with Gasteiger partial charge in [0.2, 0.25) is 0 Å². The van der Waals surface area contributed by atoms with E-state index in [1.165, 1.54) is 11.6 Å². The number of pyridine rings is 1. The number of nitrogens with zero attached hydrogens (tertiary/aromatic N) is 5. The highest BCUT2D eigenvalue weighted by Gasteiger charge is 2.36. The fraction of sp³-hybridized carbons (Fsp3) is 0.296. The van der Waals surface area contributed by atoms with Crippen LogP contribution in [-0.4, -0.2) is 26.7 Å². The first-order chi connectivity index (χ1) is 17.0. The summed E-state index contributed by atoms with van der Waals surface area (Å²) in [5, 5.41) is 17.2. The minimum absolute atomic E-state index is 0.182. The number of rotatable bonds is 6. The minimum Gasteiger partial charge on any atom is -0.354 e. The van der Waals surface area contributed by atoms with E-state index in [4.69, 9.17) is 9.51 Å². The van der Waals surface area contributed by atoms with Crippen LogP contribution in [0.3, 0.4) is 0 Å². The Bertz CT molecular complexity index is 1460. The quantitative estimate of drug-likeness (QED) is 0.447. The molecule has 1 saturated carbocycles. The highest BCUT2D eigenvalue weighted by atomic mass is 16.5. The van der Waals surface area contributed by atoms with Crippen molar-refractivity contribution in [3.63, 3.8) is 0 Å². The minimum atomic E-state index is -0.795. The number of aromatic nitrogens is 4. The third-order valence-electron chi connectivity index (χ3n) is 6.64. The van der Waals surface area contributed by atoms with Crippen molar-refractivity contribution in [2.45, 2.75) is 44.7 Å². The van der Waals surface area contributed by atoms with Crippen molar-refractivity contribution in [2.24, 2.45) is 0 Å². The predicted octanol–water partition coefficient (Wildman–Crippen LogP) is 4.45. The van der Waals surface area contributed by atoms with E-state index in [2.05, 4.69) is 33.7 Å². The van der Waals surface area contributed by atoms with E-state index in [0.29, 0.717) is 41.4 Å². The lowest BCUT2D eigenvalue weighted by Gasteiger charge is -2.24. The monoisotopic (exact) mass is 466 g/mol. The summed E-state index contributed by atoms with van der Waals surface area (Å²) >= 11 is 0. The smallest absolute Gasteiger partial charge is 0.251 e. The van der Waals surface area contributed by atoms with Gasteiger partial charge < -0.3 is 9.84 Å². The van der Waals surface area contributed by atoms with Crippen LogP contribution in [0.15, 0.2) is 64.2 Å². The standard InChI is InChI=1S/C27H26N6O2/c1-18-26(24-13-22(32-35-24)20-7-5-19(6-8-20)14-29-2)31-23(15-30-18)21-9-10-25(34)33(16-21)27(17-28)11-3-4-12-27/h5-10,13,15-16,29H,3-4,11-12,14H2,1-2H3. The zero-order chi connectivity index (χ0) is 24.4. The summed E-state index contributed by atoms with van der Waals surface area (Å²) in [4.78, 5) is 22.0. The predicted molar refractivity (Wildman–Crippen MR) is 132 cm³/mol. The van der Waals surface area contributed by atoms with E-state index in [0.717, 1.165) is 30.5 Å². The fourth-order valence-corrected chi connectivity index (χ4v) is 4.68. The second-order valence-corrected chi connectivity index (χ2v) is 8.97. The third-order valence-corrected chi connectivity index (χ3v) is 6.64. The topological polar surface area (TPSA) is 110 Å². The molecule has 1 N–H and O–H groups in total. The molecule has 0 radical (unpaired) electrons. The lowest BCUT2D eigenvalue weighted by molar-refractivity contribution is 0.383. The maximum Gasteiger partial charge on any atom is 0.251 e. The summed E-state index contributed by atoms with van der Waals surface area (Å²) in [6.45, 7) is 2.67. The Morgan fingerprint density at radius 2 is 1.86 bits per heavy atom. The van der Waals surface area contributed by atoms with E-state index >= 15 is 0 Å². The summed E-state index contributed by atoms with van der Waals surface area (Å²) in [6.07, 6.45) is 6.63. The van der Waals surface area contributed by atoms with Crippen molar-refractivity contribution >= 4 is 0 Å². The van der Waals surface area contributed by atoms with E-state index in [-0.39, 0.29) is 5.56 Å². The zero-order valence-electron chi connectivity index (χ0n) is 19.8. The summed E-state index contributed by atoms with van der Waals surface area (Å²) in [7, 11) is 1.92. The van der Waals surface area contributed by atoms with Gasteiger partial charge in [-0.2, -0.15) is 5.26 Å². The molecule has 0 aliphatic heterocycles. The highest BCUT2D eigenvalue weighted by Crippen LogP contribution is 2.36. The van der Waals surface area contributed by atoms with Crippen LogP contribution in [0.2, 0.25) is 0 Å². The average molecular weight is 467 g/mol.